The molecule has 3 nitrogen and oxygen atoms in total. The van der Waals surface area contributed by atoms with Gasteiger partial charge in [-0.25, -0.2) is 4.98 Å². The van der Waals surface area contributed by atoms with E-state index in [1.54, 1.807) is 12.1 Å². The number of alkyl halides is 3. The summed E-state index contributed by atoms with van der Waals surface area (Å²) in [7, 11) is 0. The summed E-state index contributed by atoms with van der Waals surface area (Å²) in [5, 5.41) is 0. The van der Waals surface area contributed by atoms with Crippen LogP contribution in [-0.4, -0.2) is 15.9 Å². The lowest BCUT2D eigenvalue weighted by atomic mass is 9.70. The molecule has 3 aromatic rings. The van der Waals surface area contributed by atoms with E-state index in [1.165, 1.54) is 18.6 Å². The largest absolute Gasteiger partial charge is 0.573 e. The first-order chi connectivity index (χ1) is 14.1. The van der Waals surface area contributed by atoms with Crippen molar-refractivity contribution < 1.29 is 17.9 Å². The molecular formula is C24H27F3N2O. The van der Waals surface area contributed by atoms with Crippen LogP contribution in [0.15, 0.2) is 48.5 Å². The summed E-state index contributed by atoms with van der Waals surface area (Å²) in [6.45, 7) is 6.97. The maximum absolute atomic E-state index is 12.4. The molecule has 6 heteroatoms. The van der Waals surface area contributed by atoms with Gasteiger partial charge in [-0.3, -0.25) is 0 Å². The number of ether oxygens (including phenoxy) is 1. The molecule has 0 bridgehead atoms. The van der Waals surface area contributed by atoms with E-state index in [-0.39, 0.29) is 11.2 Å². The van der Waals surface area contributed by atoms with Crippen LogP contribution in [0.4, 0.5) is 13.2 Å². The van der Waals surface area contributed by atoms with Crippen molar-refractivity contribution in [3.05, 3.63) is 59.9 Å². The Morgan fingerprint density at radius 1 is 1.07 bits per heavy atom. The van der Waals surface area contributed by atoms with Gasteiger partial charge in [0.05, 0.1) is 11.0 Å². The van der Waals surface area contributed by atoms with Crippen molar-refractivity contribution in [1.82, 2.24) is 9.55 Å². The first-order valence-electron chi connectivity index (χ1n) is 10.4. The molecular weight excluding hydrogens is 389 g/mol. The number of para-hydroxylation sites is 2. The van der Waals surface area contributed by atoms with Crippen molar-refractivity contribution in [2.75, 3.05) is 0 Å². The SMILES string of the molecule is CC1CC(n2c(Cc3ccc(OC(F)(F)F)cc3)nc3ccccc32)CC(C)(C)C1. The third-order valence-electron chi connectivity index (χ3n) is 5.92. The van der Waals surface area contributed by atoms with E-state index in [0.717, 1.165) is 35.3 Å². The molecule has 1 aliphatic carbocycles. The minimum Gasteiger partial charge on any atom is -0.406 e. The highest BCUT2D eigenvalue weighted by molar-refractivity contribution is 5.76. The fourth-order valence-corrected chi connectivity index (χ4v) is 5.11. The van der Waals surface area contributed by atoms with Gasteiger partial charge in [0.1, 0.15) is 11.6 Å². The molecule has 2 unspecified atom stereocenters. The van der Waals surface area contributed by atoms with Gasteiger partial charge in [0.25, 0.3) is 0 Å². The topological polar surface area (TPSA) is 27.1 Å². The minimum absolute atomic E-state index is 0.206. The summed E-state index contributed by atoms with van der Waals surface area (Å²) in [5.74, 6) is 1.38. The molecule has 0 saturated heterocycles. The molecule has 4 rings (SSSR count). The van der Waals surface area contributed by atoms with E-state index in [4.69, 9.17) is 4.98 Å². The minimum atomic E-state index is -4.68. The van der Waals surface area contributed by atoms with Crippen LogP contribution in [0.3, 0.4) is 0 Å². The molecule has 2 atom stereocenters. The molecule has 0 radical (unpaired) electrons. The second kappa shape index (κ2) is 7.64. The van der Waals surface area contributed by atoms with Gasteiger partial charge >= 0.3 is 6.36 Å². The first kappa shape index (κ1) is 20.8. The number of fused-ring (bicyclic) bond motifs is 1. The summed E-state index contributed by atoms with van der Waals surface area (Å²) in [4.78, 5) is 4.89. The predicted molar refractivity (Wildman–Crippen MR) is 111 cm³/mol. The highest BCUT2D eigenvalue weighted by Gasteiger charge is 2.34. The van der Waals surface area contributed by atoms with Crippen LogP contribution in [0.25, 0.3) is 11.0 Å². The van der Waals surface area contributed by atoms with Crippen LogP contribution in [0.1, 0.15) is 57.5 Å². The number of benzene rings is 2. The number of aromatic nitrogens is 2. The molecule has 30 heavy (non-hydrogen) atoms. The summed E-state index contributed by atoms with van der Waals surface area (Å²) in [6.07, 6.45) is -0.712. The Kier molecular flexibility index (Phi) is 5.28. The van der Waals surface area contributed by atoms with E-state index in [2.05, 4.69) is 36.1 Å². The summed E-state index contributed by atoms with van der Waals surface area (Å²) < 4.78 is 43.6. The van der Waals surface area contributed by atoms with E-state index in [1.807, 2.05) is 18.2 Å². The standard InChI is InChI=1S/C24H27F3N2O/c1-16-12-18(15-23(2,3)14-16)29-21-7-5-4-6-20(21)28-22(29)13-17-8-10-19(11-9-17)30-24(25,26)27/h4-11,16,18H,12-15H2,1-3H3. The third kappa shape index (κ3) is 4.63. The first-order valence-corrected chi connectivity index (χ1v) is 10.4. The van der Waals surface area contributed by atoms with E-state index >= 15 is 0 Å². The van der Waals surface area contributed by atoms with Crippen LogP contribution >= 0.6 is 0 Å². The molecule has 0 aliphatic heterocycles. The summed E-state index contributed by atoms with van der Waals surface area (Å²) >= 11 is 0. The van der Waals surface area contributed by atoms with Crippen LogP contribution in [0, 0.1) is 11.3 Å². The molecule has 1 aliphatic rings. The van der Waals surface area contributed by atoms with Crippen LogP contribution in [-0.2, 0) is 6.42 Å². The molecule has 1 aromatic heterocycles. The number of hydrogen-bond acceptors (Lipinski definition) is 2. The van der Waals surface area contributed by atoms with Gasteiger partial charge in [-0.2, -0.15) is 0 Å². The Balaban J connectivity index is 1.67. The Bertz CT molecular complexity index is 1020. The van der Waals surface area contributed by atoms with E-state index in [9.17, 15) is 13.2 Å². The third-order valence-corrected chi connectivity index (χ3v) is 5.92. The Labute approximate surface area is 174 Å². The fourth-order valence-electron chi connectivity index (χ4n) is 5.11. The zero-order chi connectivity index (χ0) is 21.5. The number of imidazole rings is 1. The number of rotatable bonds is 4. The maximum atomic E-state index is 12.4. The molecule has 1 heterocycles. The molecule has 0 N–H and O–H groups in total. The fraction of sp³-hybridized carbons (Fsp3) is 0.458. The van der Waals surface area contributed by atoms with Gasteiger partial charge < -0.3 is 9.30 Å². The van der Waals surface area contributed by atoms with E-state index in [0.29, 0.717) is 18.4 Å². The quantitative estimate of drug-likeness (QED) is 0.462. The summed E-state index contributed by atoms with van der Waals surface area (Å²) in [6, 6.07) is 14.6. The zero-order valence-electron chi connectivity index (χ0n) is 17.5. The Morgan fingerprint density at radius 3 is 2.43 bits per heavy atom. The second-order valence-electron chi connectivity index (χ2n) is 9.32. The molecule has 0 amide bonds. The van der Waals surface area contributed by atoms with Crippen molar-refractivity contribution >= 4 is 11.0 Å². The second-order valence-corrected chi connectivity index (χ2v) is 9.32. The van der Waals surface area contributed by atoms with Crippen LogP contribution in [0.5, 0.6) is 5.75 Å². The Hall–Kier alpha value is -2.50. The average Bonchev–Trinajstić information content (AvgIpc) is 2.98. The van der Waals surface area contributed by atoms with Crippen molar-refractivity contribution in [2.45, 2.75) is 58.9 Å². The number of nitrogens with zero attached hydrogens (tertiary/aromatic N) is 2. The van der Waals surface area contributed by atoms with Crippen LogP contribution in [0.2, 0.25) is 0 Å². The van der Waals surface area contributed by atoms with Gasteiger partial charge in [-0.1, -0.05) is 45.0 Å². The normalized spacial score (nSPS) is 21.7. The predicted octanol–water partition coefficient (Wildman–Crippen LogP) is 6.91. The lowest BCUT2D eigenvalue weighted by Crippen LogP contribution is -2.30. The van der Waals surface area contributed by atoms with Crippen molar-refractivity contribution in [3.8, 4) is 5.75 Å². The average molecular weight is 416 g/mol. The molecule has 1 fully saturated rings. The lowest BCUT2D eigenvalue weighted by molar-refractivity contribution is -0.274. The molecule has 2 aromatic carbocycles. The van der Waals surface area contributed by atoms with Gasteiger partial charge in [0, 0.05) is 12.5 Å². The molecule has 160 valence electrons. The lowest BCUT2D eigenvalue weighted by Gasteiger charge is -2.40. The van der Waals surface area contributed by atoms with Crippen LogP contribution < -0.4 is 4.74 Å². The number of hydrogen-bond donors (Lipinski definition) is 0. The molecule has 0 spiro atoms. The van der Waals surface area contributed by atoms with Gasteiger partial charge in [-0.15, -0.1) is 13.2 Å². The molecule has 1 saturated carbocycles. The highest BCUT2D eigenvalue weighted by Crippen LogP contribution is 2.45. The smallest absolute Gasteiger partial charge is 0.406 e. The van der Waals surface area contributed by atoms with Crippen molar-refractivity contribution in [2.24, 2.45) is 11.3 Å². The Morgan fingerprint density at radius 2 is 1.77 bits per heavy atom. The van der Waals surface area contributed by atoms with Gasteiger partial charge in [0.15, 0.2) is 0 Å². The summed E-state index contributed by atoms with van der Waals surface area (Å²) in [5.41, 5.74) is 3.26. The van der Waals surface area contributed by atoms with Gasteiger partial charge in [0.2, 0.25) is 0 Å². The highest BCUT2D eigenvalue weighted by atomic mass is 19.4. The van der Waals surface area contributed by atoms with Gasteiger partial charge in [-0.05, 0) is 60.4 Å². The van der Waals surface area contributed by atoms with Crippen molar-refractivity contribution in [1.29, 1.82) is 0 Å². The van der Waals surface area contributed by atoms with Crippen molar-refractivity contribution in [3.63, 3.8) is 0 Å². The maximum Gasteiger partial charge on any atom is 0.573 e. The monoisotopic (exact) mass is 416 g/mol. The number of halogens is 3. The zero-order valence-corrected chi connectivity index (χ0v) is 17.5. The van der Waals surface area contributed by atoms with E-state index < -0.39 is 6.36 Å².